The Labute approximate surface area is 208 Å². The summed E-state index contributed by atoms with van der Waals surface area (Å²) in [5.41, 5.74) is 8.29. The van der Waals surface area contributed by atoms with E-state index in [1.54, 1.807) is 48.8 Å². The van der Waals surface area contributed by atoms with Gasteiger partial charge < -0.3 is 19.8 Å². The van der Waals surface area contributed by atoms with Crippen molar-refractivity contribution < 1.29 is 19.1 Å². The molecule has 9 nitrogen and oxygen atoms in total. The molecule has 1 aromatic heterocycles. The van der Waals surface area contributed by atoms with Gasteiger partial charge in [0.2, 0.25) is 0 Å². The van der Waals surface area contributed by atoms with Crippen molar-refractivity contribution in [2.45, 2.75) is 19.3 Å². The van der Waals surface area contributed by atoms with Crippen LogP contribution in [0.25, 0.3) is 5.69 Å². The number of hydrogen-bond donors (Lipinski definition) is 1. The summed E-state index contributed by atoms with van der Waals surface area (Å²) in [6.07, 6.45) is 4.12. The highest BCUT2D eigenvalue weighted by atomic mass is 16.5. The minimum atomic E-state index is -0.930. The molecule has 1 unspecified atom stereocenters. The molecule has 1 aliphatic rings. The van der Waals surface area contributed by atoms with Crippen molar-refractivity contribution in [2.75, 3.05) is 19.1 Å². The lowest BCUT2D eigenvalue weighted by Gasteiger charge is -2.36. The number of carbonyl (C=O) groups is 2. The van der Waals surface area contributed by atoms with Crippen molar-refractivity contribution in [1.29, 1.82) is 5.26 Å². The molecule has 3 aromatic rings. The van der Waals surface area contributed by atoms with E-state index in [1.807, 2.05) is 29.7 Å². The number of rotatable bonds is 6. The third-order valence-electron chi connectivity index (χ3n) is 6.03. The molecule has 2 heterocycles. The van der Waals surface area contributed by atoms with Crippen LogP contribution in [0.4, 0.5) is 5.69 Å². The molecule has 0 saturated carbocycles. The number of nitrogens with zero attached hydrogens (tertiary/aromatic N) is 4. The van der Waals surface area contributed by atoms with Gasteiger partial charge in [0.25, 0.3) is 0 Å². The summed E-state index contributed by atoms with van der Waals surface area (Å²) in [4.78, 5) is 32.3. The second kappa shape index (κ2) is 10.2. The second-order valence-corrected chi connectivity index (χ2v) is 7.89. The van der Waals surface area contributed by atoms with Crippen LogP contribution in [0, 0.1) is 11.3 Å². The molecule has 0 spiro atoms. The summed E-state index contributed by atoms with van der Waals surface area (Å²) >= 11 is 0. The Balaban J connectivity index is 2.09. The van der Waals surface area contributed by atoms with Gasteiger partial charge in [0, 0.05) is 18.8 Å². The number of esters is 2. The molecule has 0 radical (unpaired) electrons. The maximum Gasteiger partial charge on any atom is 0.355 e. The van der Waals surface area contributed by atoms with Crippen molar-refractivity contribution in [2.24, 2.45) is 5.73 Å². The van der Waals surface area contributed by atoms with Crippen LogP contribution in [-0.4, -0.2) is 35.7 Å². The Morgan fingerprint density at radius 2 is 1.67 bits per heavy atom. The SMILES string of the molecule is CCc1nccn1-c1ccccc1N1C(N)=C(C#N)C(c2ccccc2)C(C(=O)OC)=C1C(=O)OC. The standard InChI is InChI=1S/C27H25N5O4/c1-4-21-30-14-15-31(21)19-12-8-9-13-20(19)32-24(27(34)36-3)23(26(33)35-2)22(18(16-28)25(32)29)17-10-6-5-7-11-17/h5-15,22H,4,29H2,1-3H3. The van der Waals surface area contributed by atoms with E-state index in [0.717, 1.165) is 5.82 Å². The van der Waals surface area contributed by atoms with Gasteiger partial charge in [-0.05, 0) is 17.7 Å². The van der Waals surface area contributed by atoms with Crippen molar-refractivity contribution in [3.8, 4) is 11.8 Å². The molecule has 9 heteroatoms. The number of hydrogen-bond acceptors (Lipinski definition) is 8. The first-order valence-electron chi connectivity index (χ1n) is 11.3. The fraction of sp³-hybridized carbons (Fsp3) is 0.185. The molecular formula is C27H25N5O4. The van der Waals surface area contributed by atoms with Gasteiger partial charge in [0.15, 0.2) is 0 Å². The molecule has 0 bridgehead atoms. The third kappa shape index (κ3) is 3.99. The Morgan fingerprint density at radius 1 is 1.03 bits per heavy atom. The largest absolute Gasteiger partial charge is 0.466 e. The average Bonchev–Trinajstić information content (AvgIpc) is 3.40. The van der Waals surface area contributed by atoms with Gasteiger partial charge in [-0.1, -0.05) is 49.4 Å². The van der Waals surface area contributed by atoms with Gasteiger partial charge in [-0.15, -0.1) is 0 Å². The van der Waals surface area contributed by atoms with Gasteiger partial charge in [-0.25, -0.2) is 14.6 Å². The summed E-state index contributed by atoms with van der Waals surface area (Å²) in [6.45, 7) is 1.98. The summed E-state index contributed by atoms with van der Waals surface area (Å²) in [6, 6.07) is 18.2. The monoisotopic (exact) mass is 483 g/mol. The van der Waals surface area contributed by atoms with Gasteiger partial charge in [0.1, 0.15) is 17.3 Å². The first kappa shape index (κ1) is 24.3. The first-order chi connectivity index (χ1) is 17.5. The molecule has 1 aliphatic heterocycles. The van der Waals surface area contributed by atoms with Crippen LogP contribution in [-0.2, 0) is 25.5 Å². The Bertz CT molecular complexity index is 1420. The van der Waals surface area contributed by atoms with Crippen LogP contribution in [0.1, 0.15) is 24.2 Å². The number of carbonyl (C=O) groups excluding carboxylic acids is 2. The fourth-order valence-electron chi connectivity index (χ4n) is 4.44. The van der Waals surface area contributed by atoms with Crippen molar-refractivity contribution in [3.05, 3.63) is 101 Å². The van der Waals surface area contributed by atoms with E-state index in [2.05, 4.69) is 11.1 Å². The number of allylic oxidation sites excluding steroid dienone is 1. The summed E-state index contributed by atoms with van der Waals surface area (Å²) < 4.78 is 12.1. The predicted octanol–water partition coefficient (Wildman–Crippen LogP) is 3.33. The van der Waals surface area contributed by atoms with Crippen LogP contribution in [0.2, 0.25) is 0 Å². The van der Waals surface area contributed by atoms with Gasteiger partial charge >= 0.3 is 11.9 Å². The summed E-state index contributed by atoms with van der Waals surface area (Å²) in [7, 11) is 2.44. The zero-order chi connectivity index (χ0) is 25.8. The Hall–Kier alpha value is -4.84. The highest BCUT2D eigenvalue weighted by molar-refractivity contribution is 6.06. The highest BCUT2D eigenvalue weighted by Crippen LogP contribution is 2.44. The minimum absolute atomic E-state index is 0.00465. The van der Waals surface area contributed by atoms with E-state index in [1.165, 1.54) is 19.1 Å². The van der Waals surface area contributed by atoms with Crippen LogP contribution in [0.5, 0.6) is 0 Å². The quantitative estimate of drug-likeness (QED) is 0.530. The minimum Gasteiger partial charge on any atom is -0.466 e. The van der Waals surface area contributed by atoms with E-state index >= 15 is 0 Å². The van der Waals surface area contributed by atoms with Crippen LogP contribution < -0.4 is 10.6 Å². The topological polar surface area (TPSA) is 123 Å². The number of nitriles is 1. The normalized spacial score (nSPS) is 15.5. The predicted molar refractivity (Wildman–Crippen MR) is 132 cm³/mol. The molecule has 0 amide bonds. The van der Waals surface area contributed by atoms with E-state index in [4.69, 9.17) is 15.2 Å². The first-order valence-corrected chi connectivity index (χ1v) is 11.3. The molecular weight excluding hydrogens is 458 g/mol. The lowest BCUT2D eigenvalue weighted by Crippen LogP contribution is -2.41. The van der Waals surface area contributed by atoms with Gasteiger partial charge in [0.05, 0.1) is 48.7 Å². The van der Waals surface area contributed by atoms with Gasteiger partial charge in [-0.3, -0.25) is 4.90 Å². The zero-order valence-electron chi connectivity index (χ0n) is 20.1. The number of imidazole rings is 1. The van der Waals surface area contributed by atoms with Crippen LogP contribution >= 0.6 is 0 Å². The zero-order valence-corrected chi connectivity index (χ0v) is 20.1. The number of methoxy groups -OCH3 is 2. The average molecular weight is 484 g/mol. The number of aromatic nitrogens is 2. The smallest absolute Gasteiger partial charge is 0.355 e. The number of nitrogens with two attached hydrogens (primary N) is 1. The highest BCUT2D eigenvalue weighted by Gasteiger charge is 2.43. The third-order valence-corrected chi connectivity index (χ3v) is 6.03. The molecule has 2 aromatic carbocycles. The van der Waals surface area contributed by atoms with E-state index in [0.29, 0.717) is 23.4 Å². The molecule has 0 aliphatic carbocycles. The van der Waals surface area contributed by atoms with Crippen LogP contribution in [0.15, 0.2) is 89.7 Å². The molecule has 4 rings (SSSR count). The van der Waals surface area contributed by atoms with E-state index < -0.39 is 17.9 Å². The number of ether oxygens (including phenoxy) is 2. The lowest BCUT2D eigenvalue weighted by atomic mass is 9.81. The molecule has 0 fully saturated rings. The number of para-hydroxylation sites is 2. The van der Waals surface area contributed by atoms with Crippen molar-refractivity contribution in [1.82, 2.24) is 9.55 Å². The summed E-state index contributed by atoms with van der Waals surface area (Å²) in [5, 5.41) is 10.2. The number of benzene rings is 2. The second-order valence-electron chi connectivity index (χ2n) is 7.89. The number of anilines is 1. The van der Waals surface area contributed by atoms with Crippen LogP contribution in [0.3, 0.4) is 0 Å². The maximum atomic E-state index is 13.3. The van der Waals surface area contributed by atoms with Gasteiger partial charge in [-0.2, -0.15) is 5.26 Å². The van der Waals surface area contributed by atoms with E-state index in [9.17, 15) is 14.9 Å². The Morgan fingerprint density at radius 3 is 2.28 bits per heavy atom. The van der Waals surface area contributed by atoms with Crippen molar-refractivity contribution in [3.63, 3.8) is 0 Å². The molecule has 2 N–H and O–H groups in total. The van der Waals surface area contributed by atoms with Crippen molar-refractivity contribution >= 4 is 17.6 Å². The number of aryl methyl sites for hydroxylation is 1. The maximum absolute atomic E-state index is 13.3. The Kier molecular flexibility index (Phi) is 6.88. The molecule has 0 saturated heterocycles. The lowest BCUT2D eigenvalue weighted by molar-refractivity contribution is -0.139. The van der Waals surface area contributed by atoms with E-state index in [-0.39, 0.29) is 22.7 Å². The fourth-order valence-corrected chi connectivity index (χ4v) is 4.44. The summed E-state index contributed by atoms with van der Waals surface area (Å²) in [5.74, 6) is -1.72. The molecule has 1 atom stereocenters. The molecule has 36 heavy (non-hydrogen) atoms. The molecule has 182 valence electrons.